The third-order valence-electron chi connectivity index (χ3n) is 4.59. The molecular weight excluding hydrogens is 432 g/mol. The third kappa shape index (κ3) is 6.04. The fourth-order valence-electron chi connectivity index (χ4n) is 3.32. The molecule has 0 unspecified atom stereocenters. The molecule has 0 heterocycles. The van der Waals surface area contributed by atoms with Gasteiger partial charge in [0, 0.05) is 12.6 Å². The zero-order chi connectivity index (χ0) is 23.1. The number of aliphatic imine (C=N–C) groups is 1. The maximum Gasteiger partial charge on any atom is 0.416 e. The minimum Gasteiger partial charge on any atom is -0.343 e. The molecule has 0 aromatic heterocycles. The van der Waals surface area contributed by atoms with Crippen LogP contribution in [0.5, 0.6) is 0 Å². The Labute approximate surface area is 183 Å². The van der Waals surface area contributed by atoms with Gasteiger partial charge in [0.1, 0.15) is 11.4 Å². The number of rotatable bonds is 9. The van der Waals surface area contributed by atoms with Crippen molar-refractivity contribution in [2.45, 2.75) is 25.1 Å². The van der Waals surface area contributed by atoms with Gasteiger partial charge in [0.05, 0.1) is 17.1 Å². The Hall–Kier alpha value is -2.93. The Morgan fingerprint density at radius 3 is 2.48 bits per heavy atom. The predicted octanol–water partition coefficient (Wildman–Crippen LogP) is 5.72. The van der Waals surface area contributed by atoms with Gasteiger partial charge < -0.3 is 5.32 Å². The first-order valence-corrected chi connectivity index (χ1v) is 9.76. The smallest absolute Gasteiger partial charge is 0.343 e. The van der Waals surface area contributed by atoms with E-state index < -0.39 is 23.1 Å². The summed E-state index contributed by atoms with van der Waals surface area (Å²) in [5.74, 6) is -1.07. The lowest BCUT2D eigenvalue weighted by atomic mass is 9.79. The summed E-state index contributed by atoms with van der Waals surface area (Å²) in [6, 6.07) is 9.38. The molecule has 0 aliphatic carbocycles. The summed E-state index contributed by atoms with van der Waals surface area (Å²) in [6.45, 7) is 5.47. The van der Waals surface area contributed by atoms with E-state index in [0.29, 0.717) is 18.0 Å². The van der Waals surface area contributed by atoms with Gasteiger partial charge in [-0.25, -0.2) is 4.39 Å². The van der Waals surface area contributed by atoms with Gasteiger partial charge in [-0.1, -0.05) is 42.5 Å². The molecule has 31 heavy (non-hydrogen) atoms. The Bertz CT molecular complexity index is 1000. The second-order valence-corrected chi connectivity index (χ2v) is 7.12. The lowest BCUT2D eigenvalue weighted by Gasteiger charge is -2.35. The first-order chi connectivity index (χ1) is 14.7. The number of benzene rings is 2. The number of nitrogens with one attached hydrogen (secondary N) is 1. The number of carbonyl (C=O) groups excluding carboxylic acids is 1. The van der Waals surface area contributed by atoms with E-state index in [9.17, 15) is 22.4 Å². The summed E-state index contributed by atoms with van der Waals surface area (Å²) in [7, 11) is 0. The van der Waals surface area contributed by atoms with Crippen molar-refractivity contribution in [1.82, 2.24) is 5.32 Å². The molecule has 0 saturated heterocycles. The Morgan fingerprint density at radius 2 is 1.90 bits per heavy atom. The van der Waals surface area contributed by atoms with E-state index >= 15 is 0 Å². The van der Waals surface area contributed by atoms with Crippen LogP contribution in [-0.4, -0.2) is 18.5 Å². The molecule has 0 bridgehead atoms. The molecule has 1 N–H and O–H groups in total. The molecule has 1 amide bonds. The van der Waals surface area contributed by atoms with Crippen LogP contribution in [0.2, 0.25) is 0 Å². The monoisotopic (exact) mass is 452 g/mol. The molecule has 0 fully saturated rings. The molecule has 0 saturated carbocycles. The van der Waals surface area contributed by atoms with E-state index in [4.69, 9.17) is 11.6 Å². The van der Waals surface area contributed by atoms with Crippen molar-refractivity contribution in [3.05, 3.63) is 95.0 Å². The van der Waals surface area contributed by atoms with Crippen LogP contribution in [0.3, 0.4) is 0 Å². The number of hydrogen-bond acceptors (Lipinski definition) is 2. The van der Waals surface area contributed by atoms with E-state index in [1.165, 1.54) is 18.4 Å². The molecule has 8 heteroatoms. The highest BCUT2D eigenvalue weighted by Gasteiger charge is 2.39. The molecule has 3 nitrogen and oxygen atoms in total. The van der Waals surface area contributed by atoms with E-state index in [2.05, 4.69) is 16.9 Å². The van der Waals surface area contributed by atoms with Crippen LogP contribution in [0.25, 0.3) is 0 Å². The third-order valence-corrected chi connectivity index (χ3v) is 4.73. The molecule has 0 radical (unpaired) electrons. The highest BCUT2D eigenvalue weighted by Crippen LogP contribution is 2.38. The van der Waals surface area contributed by atoms with Gasteiger partial charge in [-0.05, 0) is 42.3 Å². The number of nitrogens with zero attached hydrogens (tertiary/aromatic N) is 1. The van der Waals surface area contributed by atoms with Crippen LogP contribution in [0, 0.1) is 12.7 Å². The summed E-state index contributed by atoms with van der Waals surface area (Å²) in [6.07, 6.45) is -0.280. The molecule has 2 aromatic carbocycles. The van der Waals surface area contributed by atoms with Crippen molar-refractivity contribution >= 4 is 24.2 Å². The first kappa shape index (κ1) is 24.3. The zero-order valence-electron chi connectivity index (χ0n) is 16.7. The lowest BCUT2D eigenvalue weighted by molar-refractivity contribution is -0.137. The van der Waals surface area contributed by atoms with Crippen molar-refractivity contribution in [1.29, 1.82) is 0 Å². The summed E-state index contributed by atoms with van der Waals surface area (Å²) in [5, 5.41) is 2.59. The minimum atomic E-state index is -4.78. The van der Waals surface area contributed by atoms with Crippen molar-refractivity contribution in [3.63, 3.8) is 0 Å². The van der Waals surface area contributed by atoms with Gasteiger partial charge in [-0.2, -0.15) is 13.2 Å². The number of aryl methyl sites for hydroxylation is 1. The summed E-state index contributed by atoms with van der Waals surface area (Å²) in [4.78, 5) is 15.9. The number of amides is 1. The van der Waals surface area contributed by atoms with Gasteiger partial charge in [-0.3, -0.25) is 9.79 Å². The van der Waals surface area contributed by atoms with Crippen molar-refractivity contribution in [2.24, 2.45) is 4.99 Å². The van der Waals surface area contributed by atoms with Gasteiger partial charge in [0.2, 0.25) is 6.41 Å². The van der Waals surface area contributed by atoms with Crippen molar-refractivity contribution in [2.75, 3.05) is 5.88 Å². The lowest BCUT2D eigenvalue weighted by Crippen LogP contribution is -2.45. The van der Waals surface area contributed by atoms with Crippen molar-refractivity contribution in [3.8, 4) is 0 Å². The quantitative estimate of drug-likeness (QED) is 0.171. The van der Waals surface area contributed by atoms with Crippen LogP contribution in [-0.2, 0) is 22.9 Å². The number of allylic oxidation sites excluding steroid dienone is 2. The highest BCUT2D eigenvalue weighted by atomic mass is 35.5. The number of alkyl halides is 4. The number of halogens is 5. The SMILES string of the molecule is C=C/C=C(\N=CCCl)[C@@](Cc1cccc(C)c1)(NC=O)c1cc(F)cc(C(F)(F)F)c1. The molecule has 0 aliphatic rings. The summed E-state index contributed by atoms with van der Waals surface area (Å²) in [5.41, 5.74) is -1.16. The van der Waals surface area contributed by atoms with E-state index in [1.54, 1.807) is 12.1 Å². The van der Waals surface area contributed by atoms with Crippen molar-refractivity contribution < 1.29 is 22.4 Å². The number of hydrogen-bond donors (Lipinski definition) is 1. The van der Waals surface area contributed by atoms with Gasteiger partial charge >= 0.3 is 6.18 Å². The fourth-order valence-corrected chi connectivity index (χ4v) is 3.39. The predicted molar refractivity (Wildman–Crippen MR) is 115 cm³/mol. The topological polar surface area (TPSA) is 41.5 Å². The summed E-state index contributed by atoms with van der Waals surface area (Å²) < 4.78 is 54.6. The van der Waals surface area contributed by atoms with Gasteiger partial charge in [0.15, 0.2) is 0 Å². The van der Waals surface area contributed by atoms with Crippen LogP contribution in [0.15, 0.2) is 71.9 Å². The van der Waals surface area contributed by atoms with Crippen LogP contribution < -0.4 is 5.32 Å². The number of carbonyl (C=O) groups is 1. The molecule has 1 atom stereocenters. The summed E-state index contributed by atoms with van der Waals surface area (Å²) >= 11 is 5.71. The van der Waals surface area contributed by atoms with E-state index in [-0.39, 0.29) is 23.6 Å². The zero-order valence-corrected chi connectivity index (χ0v) is 17.5. The van der Waals surface area contributed by atoms with E-state index in [0.717, 1.165) is 17.7 Å². The van der Waals surface area contributed by atoms with E-state index in [1.807, 2.05) is 19.1 Å². The Morgan fingerprint density at radius 1 is 1.19 bits per heavy atom. The Kier molecular flexibility index (Phi) is 8.16. The van der Waals surface area contributed by atoms with Crippen LogP contribution in [0.4, 0.5) is 17.6 Å². The second kappa shape index (κ2) is 10.4. The van der Waals surface area contributed by atoms with Gasteiger partial charge in [-0.15, -0.1) is 11.6 Å². The molecule has 164 valence electrons. The largest absolute Gasteiger partial charge is 0.416 e. The average molecular weight is 453 g/mol. The molecule has 0 aliphatic heterocycles. The van der Waals surface area contributed by atoms with Crippen LogP contribution >= 0.6 is 11.6 Å². The maximum absolute atomic E-state index is 14.3. The molecule has 2 aromatic rings. The normalized spacial score (nSPS) is 14.3. The Balaban J connectivity index is 2.86. The van der Waals surface area contributed by atoms with Gasteiger partial charge in [0.25, 0.3) is 0 Å². The average Bonchev–Trinajstić information content (AvgIpc) is 2.69. The standard InChI is InChI=1S/C23H21ClF4N2O/c1-3-5-21(29-9-8-24)22(30-15-31,14-17-7-4-6-16(2)10-17)18-11-19(23(26,27)28)13-20(25)12-18/h3-7,9-13,15H,1,8,14H2,2H3,(H,30,31)/b21-5-,29-9?/t22-/m0/s1. The molecular formula is C23H21ClF4N2O. The highest BCUT2D eigenvalue weighted by molar-refractivity contribution is 6.24. The minimum absolute atomic E-state index is 0.00741. The molecule has 0 spiro atoms. The second-order valence-electron chi connectivity index (χ2n) is 6.81. The fraction of sp³-hybridized carbons (Fsp3) is 0.217. The maximum atomic E-state index is 14.3. The molecule has 2 rings (SSSR count). The van der Waals surface area contributed by atoms with Crippen LogP contribution in [0.1, 0.15) is 22.3 Å². The first-order valence-electron chi connectivity index (χ1n) is 9.23.